The Bertz CT molecular complexity index is 540. The zero-order valence-corrected chi connectivity index (χ0v) is 10.8. The molecule has 0 atom stereocenters. The third-order valence-corrected chi connectivity index (χ3v) is 3.68. The van der Waals surface area contributed by atoms with Crippen LogP contribution in [0, 0.1) is 6.92 Å². The zero-order chi connectivity index (χ0) is 12.5. The number of piperidine rings is 1. The minimum atomic E-state index is 0.626. The summed E-state index contributed by atoms with van der Waals surface area (Å²) in [4.78, 5) is 6.78. The van der Waals surface area contributed by atoms with Gasteiger partial charge in [-0.15, -0.1) is 10.2 Å². The van der Waals surface area contributed by atoms with Gasteiger partial charge in [-0.2, -0.15) is 0 Å². The third kappa shape index (κ3) is 1.82. The zero-order valence-electron chi connectivity index (χ0n) is 10.8. The predicted octanol–water partition coefficient (Wildman–Crippen LogP) is 0.621. The smallest absolute Gasteiger partial charge is 0.203 e. The largest absolute Gasteiger partial charge is 0.353 e. The van der Waals surface area contributed by atoms with Crippen molar-refractivity contribution in [3.8, 4) is 0 Å². The van der Waals surface area contributed by atoms with E-state index in [1.165, 1.54) is 0 Å². The van der Waals surface area contributed by atoms with Gasteiger partial charge in [0.2, 0.25) is 5.65 Å². The van der Waals surface area contributed by atoms with Gasteiger partial charge < -0.3 is 10.2 Å². The number of nitrogens with zero attached hydrogens (tertiary/aromatic N) is 5. The van der Waals surface area contributed by atoms with Gasteiger partial charge in [-0.05, 0) is 26.8 Å². The molecule has 18 heavy (non-hydrogen) atoms. The van der Waals surface area contributed by atoms with Crippen LogP contribution in [-0.2, 0) is 0 Å². The third-order valence-electron chi connectivity index (χ3n) is 3.68. The maximum Gasteiger partial charge on any atom is 0.203 e. The molecule has 0 saturated carbocycles. The van der Waals surface area contributed by atoms with Gasteiger partial charge in [-0.1, -0.05) is 0 Å². The van der Waals surface area contributed by atoms with Crippen molar-refractivity contribution in [3.05, 3.63) is 18.2 Å². The molecular weight excluding hydrogens is 228 g/mol. The average Bonchev–Trinajstić information content (AvgIpc) is 2.81. The summed E-state index contributed by atoms with van der Waals surface area (Å²) >= 11 is 0. The van der Waals surface area contributed by atoms with Crippen molar-refractivity contribution < 1.29 is 0 Å². The Morgan fingerprint density at radius 3 is 2.78 bits per heavy atom. The molecule has 96 valence electrons. The van der Waals surface area contributed by atoms with Gasteiger partial charge in [0, 0.05) is 31.5 Å². The van der Waals surface area contributed by atoms with E-state index in [0.29, 0.717) is 6.04 Å². The number of rotatable bonds is 2. The van der Waals surface area contributed by atoms with E-state index in [-0.39, 0.29) is 0 Å². The summed E-state index contributed by atoms with van der Waals surface area (Å²) in [5, 5.41) is 11.7. The predicted molar refractivity (Wildman–Crippen MR) is 69.8 cm³/mol. The lowest BCUT2D eigenvalue weighted by molar-refractivity contribution is 0.441. The molecule has 1 fully saturated rings. The standard InChI is InChI=1S/C12H18N6/c1-9-15-16-12-11(14-5-8-18(9)12)17-6-3-10(13-2)4-7-17/h5,8,10,13H,3-4,6-7H2,1-2H3. The summed E-state index contributed by atoms with van der Waals surface area (Å²) in [6, 6.07) is 0.626. The summed E-state index contributed by atoms with van der Waals surface area (Å²) in [5.74, 6) is 1.85. The highest BCUT2D eigenvalue weighted by atomic mass is 15.3. The Balaban J connectivity index is 1.91. The molecule has 3 rings (SSSR count). The molecule has 6 heteroatoms. The van der Waals surface area contributed by atoms with Crippen molar-refractivity contribution in [1.29, 1.82) is 0 Å². The maximum atomic E-state index is 4.48. The number of nitrogens with one attached hydrogen (secondary N) is 1. The lowest BCUT2D eigenvalue weighted by Gasteiger charge is -2.32. The molecule has 6 nitrogen and oxygen atoms in total. The fraction of sp³-hybridized carbons (Fsp3) is 0.583. The number of anilines is 1. The van der Waals surface area contributed by atoms with E-state index in [4.69, 9.17) is 0 Å². The summed E-state index contributed by atoms with van der Waals surface area (Å²) < 4.78 is 1.99. The monoisotopic (exact) mass is 246 g/mol. The van der Waals surface area contributed by atoms with E-state index in [2.05, 4.69) is 25.4 Å². The molecule has 2 aromatic rings. The van der Waals surface area contributed by atoms with Crippen molar-refractivity contribution in [1.82, 2.24) is 24.9 Å². The first-order chi connectivity index (χ1) is 8.79. The highest BCUT2D eigenvalue weighted by Crippen LogP contribution is 2.21. The molecular formula is C12H18N6. The van der Waals surface area contributed by atoms with Crippen molar-refractivity contribution in [3.63, 3.8) is 0 Å². The highest BCUT2D eigenvalue weighted by Gasteiger charge is 2.21. The van der Waals surface area contributed by atoms with Gasteiger partial charge in [0.05, 0.1) is 0 Å². The fourth-order valence-corrected chi connectivity index (χ4v) is 2.53. The van der Waals surface area contributed by atoms with E-state index in [1.54, 1.807) is 0 Å². The van der Waals surface area contributed by atoms with E-state index < -0.39 is 0 Å². The Labute approximate surface area is 106 Å². The minimum absolute atomic E-state index is 0.626. The van der Waals surface area contributed by atoms with Gasteiger partial charge >= 0.3 is 0 Å². The Kier molecular flexibility index (Phi) is 2.87. The number of aryl methyl sites for hydroxylation is 1. The Morgan fingerprint density at radius 1 is 1.28 bits per heavy atom. The molecule has 0 spiro atoms. The number of aromatic nitrogens is 4. The molecule has 0 radical (unpaired) electrons. The summed E-state index contributed by atoms with van der Waals surface area (Å²) in [5.41, 5.74) is 0.859. The molecule has 0 aliphatic carbocycles. The maximum absolute atomic E-state index is 4.48. The summed E-state index contributed by atoms with van der Waals surface area (Å²) in [7, 11) is 2.03. The second kappa shape index (κ2) is 4.53. The van der Waals surface area contributed by atoms with E-state index in [1.807, 2.05) is 30.8 Å². The Morgan fingerprint density at radius 2 is 2.06 bits per heavy atom. The van der Waals surface area contributed by atoms with Crippen molar-refractivity contribution in [2.45, 2.75) is 25.8 Å². The number of hydrogen-bond acceptors (Lipinski definition) is 5. The normalized spacial score (nSPS) is 17.6. The van der Waals surface area contributed by atoms with Crippen molar-refractivity contribution >= 4 is 11.5 Å². The van der Waals surface area contributed by atoms with Gasteiger partial charge in [-0.3, -0.25) is 4.40 Å². The fourth-order valence-electron chi connectivity index (χ4n) is 2.53. The quantitative estimate of drug-likeness (QED) is 0.842. The first-order valence-electron chi connectivity index (χ1n) is 6.38. The van der Waals surface area contributed by atoms with E-state index in [0.717, 1.165) is 43.2 Å². The Hall–Kier alpha value is -1.69. The molecule has 2 aromatic heterocycles. The second-order valence-corrected chi connectivity index (χ2v) is 4.74. The summed E-state index contributed by atoms with van der Waals surface area (Å²) in [6.07, 6.45) is 6.02. The second-order valence-electron chi connectivity index (χ2n) is 4.74. The van der Waals surface area contributed by atoms with Gasteiger partial charge in [0.15, 0.2) is 5.82 Å². The van der Waals surface area contributed by atoms with Crippen LogP contribution >= 0.6 is 0 Å². The lowest BCUT2D eigenvalue weighted by atomic mass is 10.1. The van der Waals surface area contributed by atoms with Crippen LogP contribution in [0.3, 0.4) is 0 Å². The topological polar surface area (TPSA) is 58.4 Å². The van der Waals surface area contributed by atoms with E-state index in [9.17, 15) is 0 Å². The van der Waals surface area contributed by atoms with Crippen LogP contribution in [0.5, 0.6) is 0 Å². The first-order valence-corrected chi connectivity index (χ1v) is 6.38. The highest BCUT2D eigenvalue weighted by molar-refractivity contribution is 5.63. The molecule has 0 bridgehead atoms. The number of fused-ring (bicyclic) bond motifs is 1. The minimum Gasteiger partial charge on any atom is -0.353 e. The van der Waals surface area contributed by atoms with Crippen LogP contribution in [0.1, 0.15) is 18.7 Å². The van der Waals surface area contributed by atoms with Crippen LogP contribution in [0.2, 0.25) is 0 Å². The molecule has 1 aliphatic heterocycles. The first kappa shape index (κ1) is 11.4. The van der Waals surface area contributed by atoms with Crippen LogP contribution in [0.4, 0.5) is 5.82 Å². The molecule has 3 heterocycles. The molecule has 1 aliphatic rings. The van der Waals surface area contributed by atoms with Crippen molar-refractivity contribution in [2.24, 2.45) is 0 Å². The molecule has 1 saturated heterocycles. The van der Waals surface area contributed by atoms with Crippen LogP contribution in [-0.4, -0.2) is 45.8 Å². The van der Waals surface area contributed by atoms with Crippen LogP contribution in [0.25, 0.3) is 5.65 Å². The summed E-state index contributed by atoms with van der Waals surface area (Å²) in [6.45, 7) is 3.99. The molecule has 1 N–H and O–H groups in total. The average molecular weight is 246 g/mol. The SMILES string of the molecule is CNC1CCN(c2nccn3c(C)nnc23)CC1. The van der Waals surface area contributed by atoms with Gasteiger partial charge in [0.1, 0.15) is 5.82 Å². The van der Waals surface area contributed by atoms with E-state index >= 15 is 0 Å². The molecule has 0 unspecified atom stereocenters. The van der Waals surface area contributed by atoms with Gasteiger partial charge in [-0.25, -0.2) is 4.98 Å². The lowest BCUT2D eigenvalue weighted by Crippen LogP contribution is -2.41. The van der Waals surface area contributed by atoms with Crippen LogP contribution in [0.15, 0.2) is 12.4 Å². The number of hydrogen-bond donors (Lipinski definition) is 1. The molecule has 0 aromatic carbocycles. The van der Waals surface area contributed by atoms with Crippen LogP contribution < -0.4 is 10.2 Å². The van der Waals surface area contributed by atoms with Crippen molar-refractivity contribution in [2.75, 3.05) is 25.0 Å². The molecule has 0 amide bonds. The van der Waals surface area contributed by atoms with Gasteiger partial charge in [0.25, 0.3) is 0 Å².